The van der Waals surface area contributed by atoms with Crippen LogP contribution in [0.25, 0.3) is 0 Å². The molecule has 0 aliphatic heterocycles. The van der Waals surface area contributed by atoms with Gasteiger partial charge in [0.05, 0.1) is 11.6 Å². The van der Waals surface area contributed by atoms with Crippen molar-refractivity contribution in [2.24, 2.45) is 0 Å². The number of rotatable bonds is 7. The highest BCUT2D eigenvalue weighted by Crippen LogP contribution is 2.19. The average Bonchev–Trinajstić information content (AvgIpc) is 2.87. The number of hydrogen-bond acceptors (Lipinski definition) is 4. The molecule has 0 atom stereocenters. The van der Waals surface area contributed by atoms with E-state index in [0.29, 0.717) is 6.61 Å². The van der Waals surface area contributed by atoms with Crippen LogP contribution in [-0.2, 0) is 19.4 Å². The molecule has 4 heteroatoms. The summed E-state index contributed by atoms with van der Waals surface area (Å²) in [4.78, 5) is 5.68. The molecule has 0 radical (unpaired) electrons. The molecule has 2 aromatic rings. The molecule has 0 amide bonds. The number of nitrogens with one attached hydrogen (secondary N) is 1. The molecule has 0 aliphatic carbocycles. The molecule has 1 heterocycles. The maximum atomic E-state index is 5.85. The Morgan fingerprint density at radius 2 is 2.16 bits per heavy atom. The summed E-state index contributed by atoms with van der Waals surface area (Å²) in [6, 6.07) is 8.22. The van der Waals surface area contributed by atoms with Crippen LogP contribution in [-0.4, -0.2) is 18.6 Å². The van der Waals surface area contributed by atoms with E-state index >= 15 is 0 Å². The molecular weight excluding hydrogens is 256 g/mol. The molecule has 1 aromatic heterocycles. The van der Waals surface area contributed by atoms with Crippen molar-refractivity contribution < 1.29 is 4.74 Å². The van der Waals surface area contributed by atoms with Crippen LogP contribution in [0.15, 0.2) is 30.5 Å². The predicted octanol–water partition coefficient (Wildman–Crippen LogP) is 3.05. The zero-order valence-electron chi connectivity index (χ0n) is 11.5. The van der Waals surface area contributed by atoms with E-state index in [1.165, 1.54) is 10.4 Å². The zero-order valence-corrected chi connectivity index (χ0v) is 12.3. The van der Waals surface area contributed by atoms with Crippen LogP contribution in [0.3, 0.4) is 0 Å². The van der Waals surface area contributed by atoms with E-state index in [2.05, 4.69) is 29.4 Å². The fraction of sp³-hybridized carbons (Fsp3) is 0.400. The minimum absolute atomic E-state index is 0.684. The molecule has 3 nitrogen and oxygen atoms in total. The fourth-order valence-electron chi connectivity index (χ4n) is 1.90. The lowest BCUT2D eigenvalue weighted by molar-refractivity contribution is 0.318. The Morgan fingerprint density at radius 3 is 2.95 bits per heavy atom. The number of thiazole rings is 1. The third kappa shape index (κ3) is 4.04. The maximum Gasteiger partial charge on any atom is 0.122 e. The predicted molar refractivity (Wildman–Crippen MR) is 79.9 cm³/mol. The van der Waals surface area contributed by atoms with Crippen molar-refractivity contribution in [2.75, 3.05) is 13.7 Å². The largest absolute Gasteiger partial charge is 0.493 e. The van der Waals surface area contributed by atoms with E-state index in [0.717, 1.165) is 30.1 Å². The number of ether oxygens (including phenoxy) is 1. The molecule has 102 valence electrons. The first-order chi connectivity index (χ1) is 9.33. The summed E-state index contributed by atoms with van der Waals surface area (Å²) in [6.45, 7) is 3.72. The van der Waals surface area contributed by atoms with E-state index in [9.17, 15) is 0 Å². The number of hydrogen-bond donors (Lipinski definition) is 1. The number of nitrogens with zero attached hydrogens (tertiary/aromatic N) is 1. The molecule has 0 unspecified atom stereocenters. The van der Waals surface area contributed by atoms with Gasteiger partial charge in [0.15, 0.2) is 0 Å². The van der Waals surface area contributed by atoms with Crippen LogP contribution in [0.1, 0.15) is 22.4 Å². The Kier molecular flexibility index (Phi) is 5.36. The van der Waals surface area contributed by atoms with Gasteiger partial charge in [-0.2, -0.15) is 0 Å². The van der Waals surface area contributed by atoms with Crippen LogP contribution in [0, 0.1) is 0 Å². The molecule has 0 aliphatic rings. The molecule has 0 saturated heterocycles. The standard InChI is InChI=1S/C15H20N2OS/c1-3-12-6-4-5-7-14(12)18-9-8-15-17-11-13(19-15)10-16-2/h4-7,11,16H,3,8-10H2,1-2H3. The van der Waals surface area contributed by atoms with Gasteiger partial charge in [0.1, 0.15) is 5.75 Å². The van der Waals surface area contributed by atoms with Gasteiger partial charge in [-0.15, -0.1) is 11.3 Å². The molecule has 2 rings (SSSR count). The van der Waals surface area contributed by atoms with Gasteiger partial charge >= 0.3 is 0 Å². The molecule has 19 heavy (non-hydrogen) atoms. The summed E-state index contributed by atoms with van der Waals surface area (Å²) < 4.78 is 5.85. The third-order valence-corrected chi connectivity index (χ3v) is 3.94. The van der Waals surface area contributed by atoms with E-state index in [1.807, 2.05) is 25.4 Å². The van der Waals surface area contributed by atoms with Crippen LogP contribution < -0.4 is 10.1 Å². The van der Waals surface area contributed by atoms with Crippen molar-refractivity contribution in [3.63, 3.8) is 0 Å². The molecule has 1 aromatic carbocycles. The summed E-state index contributed by atoms with van der Waals surface area (Å²) in [5.74, 6) is 0.997. The Labute approximate surface area is 118 Å². The van der Waals surface area contributed by atoms with Crippen molar-refractivity contribution in [1.82, 2.24) is 10.3 Å². The summed E-state index contributed by atoms with van der Waals surface area (Å²) in [5.41, 5.74) is 1.26. The summed E-state index contributed by atoms with van der Waals surface area (Å²) in [7, 11) is 1.95. The van der Waals surface area contributed by atoms with Gasteiger partial charge in [0.25, 0.3) is 0 Å². The second kappa shape index (κ2) is 7.26. The van der Waals surface area contributed by atoms with Gasteiger partial charge in [-0.3, -0.25) is 0 Å². The highest BCUT2D eigenvalue weighted by atomic mass is 32.1. The van der Waals surface area contributed by atoms with Gasteiger partial charge < -0.3 is 10.1 Å². The first kappa shape index (κ1) is 14.0. The fourth-order valence-corrected chi connectivity index (χ4v) is 2.82. The molecule has 0 spiro atoms. The smallest absolute Gasteiger partial charge is 0.122 e. The van der Waals surface area contributed by atoms with Crippen LogP contribution in [0.4, 0.5) is 0 Å². The van der Waals surface area contributed by atoms with E-state index < -0.39 is 0 Å². The van der Waals surface area contributed by atoms with Gasteiger partial charge in [0.2, 0.25) is 0 Å². The monoisotopic (exact) mass is 276 g/mol. The summed E-state index contributed by atoms with van der Waals surface area (Å²) in [6.07, 6.45) is 3.81. The lowest BCUT2D eigenvalue weighted by atomic mass is 10.1. The SMILES string of the molecule is CCc1ccccc1OCCc1ncc(CNC)s1. The third-order valence-electron chi connectivity index (χ3n) is 2.88. The van der Waals surface area contributed by atoms with Crippen LogP contribution >= 0.6 is 11.3 Å². The number of aromatic nitrogens is 1. The maximum absolute atomic E-state index is 5.85. The van der Waals surface area contributed by atoms with Crippen molar-refractivity contribution >= 4 is 11.3 Å². The van der Waals surface area contributed by atoms with Crippen LogP contribution in [0.5, 0.6) is 5.75 Å². The second-order valence-corrected chi connectivity index (χ2v) is 5.51. The quantitative estimate of drug-likeness (QED) is 0.844. The minimum atomic E-state index is 0.684. The summed E-state index contributed by atoms with van der Waals surface area (Å²) >= 11 is 1.75. The second-order valence-electron chi connectivity index (χ2n) is 4.31. The normalized spacial score (nSPS) is 10.6. The van der Waals surface area contributed by atoms with Crippen molar-refractivity contribution in [3.8, 4) is 5.75 Å². The number of benzene rings is 1. The minimum Gasteiger partial charge on any atom is -0.493 e. The average molecular weight is 276 g/mol. The highest BCUT2D eigenvalue weighted by molar-refractivity contribution is 7.11. The van der Waals surface area contributed by atoms with Gasteiger partial charge in [0, 0.05) is 24.0 Å². The topological polar surface area (TPSA) is 34.1 Å². The summed E-state index contributed by atoms with van der Waals surface area (Å²) in [5, 5.41) is 4.27. The van der Waals surface area contributed by atoms with Gasteiger partial charge in [-0.05, 0) is 25.1 Å². The van der Waals surface area contributed by atoms with Crippen LogP contribution in [0.2, 0.25) is 0 Å². The first-order valence-electron chi connectivity index (χ1n) is 6.62. The molecule has 0 saturated carbocycles. The molecule has 1 N–H and O–H groups in total. The number of aryl methyl sites for hydroxylation is 1. The van der Waals surface area contributed by atoms with Gasteiger partial charge in [-0.25, -0.2) is 4.98 Å². The Balaban J connectivity index is 1.85. The lowest BCUT2D eigenvalue weighted by Crippen LogP contribution is -2.03. The van der Waals surface area contributed by atoms with Crippen molar-refractivity contribution in [2.45, 2.75) is 26.3 Å². The van der Waals surface area contributed by atoms with Gasteiger partial charge in [-0.1, -0.05) is 25.1 Å². The Hall–Kier alpha value is -1.39. The number of para-hydroxylation sites is 1. The Bertz CT molecular complexity index is 510. The van der Waals surface area contributed by atoms with Crippen molar-refractivity contribution in [1.29, 1.82) is 0 Å². The Morgan fingerprint density at radius 1 is 1.32 bits per heavy atom. The molecule has 0 bridgehead atoms. The lowest BCUT2D eigenvalue weighted by Gasteiger charge is -2.09. The van der Waals surface area contributed by atoms with E-state index in [1.54, 1.807) is 11.3 Å². The van der Waals surface area contributed by atoms with E-state index in [-0.39, 0.29) is 0 Å². The zero-order chi connectivity index (χ0) is 13.5. The van der Waals surface area contributed by atoms with Crippen molar-refractivity contribution in [3.05, 3.63) is 45.9 Å². The first-order valence-corrected chi connectivity index (χ1v) is 7.44. The van der Waals surface area contributed by atoms with E-state index in [4.69, 9.17) is 4.74 Å². The molecule has 0 fully saturated rings. The molecular formula is C15H20N2OS. The highest BCUT2D eigenvalue weighted by Gasteiger charge is 2.04.